The average molecular weight is 290 g/mol. The van der Waals surface area contributed by atoms with Gasteiger partial charge in [-0.3, -0.25) is 14.7 Å². The molecule has 0 aliphatic heterocycles. The number of aromatic nitrogens is 2. The van der Waals surface area contributed by atoms with Crippen molar-refractivity contribution in [1.29, 1.82) is 0 Å². The van der Waals surface area contributed by atoms with Crippen molar-refractivity contribution in [3.05, 3.63) is 18.0 Å². The Morgan fingerprint density at radius 2 is 1.65 bits per heavy atom. The molecule has 1 rings (SSSR count). The van der Waals surface area contributed by atoms with E-state index in [0.717, 1.165) is 5.69 Å². The van der Waals surface area contributed by atoms with Gasteiger partial charge in [0.2, 0.25) is 0 Å². The Morgan fingerprint density at radius 1 is 1.15 bits per heavy atom. The molecule has 0 aliphatic rings. The zero-order chi connectivity index (χ0) is 15.8. The summed E-state index contributed by atoms with van der Waals surface area (Å²) in [6.45, 7) is 0.0417. The Labute approximate surface area is 112 Å². The number of carboxylic acids is 3. The van der Waals surface area contributed by atoms with E-state index in [1.54, 1.807) is 12.3 Å². The summed E-state index contributed by atoms with van der Waals surface area (Å²) in [4.78, 5) is 30.5. The number of rotatable bonds is 6. The van der Waals surface area contributed by atoms with E-state index >= 15 is 0 Å². The zero-order valence-electron chi connectivity index (χ0n) is 10.2. The molecule has 6 N–H and O–H groups in total. The number of nitrogens with one attached hydrogen (secondary N) is 1. The van der Waals surface area contributed by atoms with E-state index in [-0.39, 0.29) is 6.61 Å². The summed E-state index contributed by atoms with van der Waals surface area (Å²) < 4.78 is 0. The summed E-state index contributed by atoms with van der Waals surface area (Å²) in [7, 11) is 0. The Morgan fingerprint density at radius 3 is 1.85 bits per heavy atom. The summed E-state index contributed by atoms with van der Waals surface area (Å²) in [5, 5.41) is 48.4. The van der Waals surface area contributed by atoms with Gasteiger partial charge in [-0.05, 0) is 6.07 Å². The van der Waals surface area contributed by atoms with Gasteiger partial charge in [0.1, 0.15) is 0 Å². The van der Waals surface area contributed by atoms with Gasteiger partial charge in [0.25, 0.3) is 0 Å². The third-order valence-corrected chi connectivity index (χ3v) is 2.01. The molecule has 0 amide bonds. The molecule has 0 unspecified atom stereocenters. The van der Waals surface area contributed by atoms with Crippen molar-refractivity contribution in [2.24, 2.45) is 0 Å². The SMILES string of the molecule is O=C(O)CC(O)(CC(=O)O)C(=O)O.OCc1ccn[nH]1. The van der Waals surface area contributed by atoms with Gasteiger partial charge in [-0.1, -0.05) is 0 Å². The minimum atomic E-state index is -2.74. The molecule has 0 radical (unpaired) electrons. The molecule has 0 aromatic carbocycles. The predicted octanol–water partition coefficient (Wildman–Crippen LogP) is -1.35. The van der Waals surface area contributed by atoms with E-state index < -0.39 is 36.4 Å². The second kappa shape index (κ2) is 7.86. The summed E-state index contributed by atoms with van der Waals surface area (Å²) in [5.74, 6) is -5.02. The molecule has 10 heteroatoms. The number of hydrogen-bond acceptors (Lipinski definition) is 6. The number of aliphatic hydroxyl groups is 2. The number of hydrogen-bond donors (Lipinski definition) is 6. The fraction of sp³-hybridized carbons (Fsp3) is 0.400. The van der Waals surface area contributed by atoms with Crippen LogP contribution in [0.25, 0.3) is 0 Å². The van der Waals surface area contributed by atoms with Crippen molar-refractivity contribution in [3.63, 3.8) is 0 Å². The summed E-state index contributed by atoms with van der Waals surface area (Å²) >= 11 is 0. The summed E-state index contributed by atoms with van der Waals surface area (Å²) in [5.41, 5.74) is -1.99. The minimum absolute atomic E-state index is 0.0417. The second-order valence-corrected chi connectivity index (χ2v) is 3.72. The smallest absolute Gasteiger partial charge is 0.336 e. The molecule has 1 aromatic rings. The summed E-state index contributed by atoms with van der Waals surface area (Å²) in [6.07, 6.45) is -0.686. The van der Waals surface area contributed by atoms with E-state index in [9.17, 15) is 14.4 Å². The standard InChI is InChI=1S/C6H8O7.C4H6N2O/c7-3(8)1-6(13,5(11)12)2-4(9)10;7-3-4-1-2-5-6-4/h13H,1-2H2,(H,7,8)(H,9,10)(H,11,12);1-2,7H,3H2,(H,5,6). The molecule has 10 nitrogen and oxygen atoms in total. The van der Waals surface area contributed by atoms with Gasteiger partial charge in [0, 0.05) is 6.20 Å². The van der Waals surface area contributed by atoms with Crippen LogP contribution in [0.3, 0.4) is 0 Å². The number of H-pyrrole nitrogens is 1. The molecule has 0 spiro atoms. The van der Waals surface area contributed by atoms with Gasteiger partial charge in [-0.15, -0.1) is 0 Å². The normalized spacial score (nSPS) is 10.3. The summed E-state index contributed by atoms with van der Waals surface area (Å²) in [6, 6.07) is 1.72. The highest BCUT2D eigenvalue weighted by atomic mass is 16.4. The fourth-order valence-corrected chi connectivity index (χ4v) is 1.09. The lowest BCUT2D eigenvalue weighted by Crippen LogP contribution is -2.42. The van der Waals surface area contributed by atoms with Crippen molar-refractivity contribution >= 4 is 17.9 Å². The van der Waals surface area contributed by atoms with Crippen molar-refractivity contribution < 1.29 is 39.9 Å². The van der Waals surface area contributed by atoms with E-state index in [0.29, 0.717) is 0 Å². The predicted molar refractivity (Wildman–Crippen MR) is 61.6 cm³/mol. The van der Waals surface area contributed by atoms with Crippen LogP contribution in [0.4, 0.5) is 0 Å². The molecule has 1 heterocycles. The number of nitrogens with zero attached hydrogens (tertiary/aromatic N) is 1. The van der Waals surface area contributed by atoms with Crippen LogP contribution >= 0.6 is 0 Å². The molecule has 0 fully saturated rings. The van der Waals surface area contributed by atoms with Crippen LogP contribution in [0, 0.1) is 0 Å². The van der Waals surface area contributed by atoms with Crippen molar-refractivity contribution in [3.8, 4) is 0 Å². The van der Waals surface area contributed by atoms with Crippen LogP contribution in [-0.2, 0) is 21.0 Å². The topological polar surface area (TPSA) is 181 Å². The first kappa shape index (κ1) is 17.5. The first-order valence-corrected chi connectivity index (χ1v) is 5.19. The van der Waals surface area contributed by atoms with Crippen LogP contribution in [0.5, 0.6) is 0 Å². The molecule has 112 valence electrons. The maximum atomic E-state index is 10.3. The van der Waals surface area contributed by atoms with Crippen LogP contribution in [-0.4, -0.2) is 59.2 Å². The molecule has 0 bridgehead atoms. The third kappa shape index (κ3) is 6.47. The van der Waals surface area contributed by atoms with Gasteiger partial charge >= 0.3 is 17.9 Å². The molecule has 0 saturated carbocycles. The molecule has 0 saturated heterocycles. The largest absolute Gasteiger partial charge is 0.481 e. The quantitative estimate of drug-likeness (QED) is 0.369. The van der Waals surface area contributed by atoms with Crippen LogP contribution in [0.1, 0.15) is 18.5 Å². The van der Waals surface area contributed by atoms with Crippen molar-refractivity contribution in [2.75, 3.05) is 0 Å². The number of carboxylic acid groups (broad SMARTS) is 3. The number of aromatic amines is 1. The lowest BCUT2D eigenvalue weighted by atomic mass is 9.96. The molecule has 0 aliphatic carbocycles. The Bertz CT molecular complexity index is 440. The minimum Gasteiger partial charge on any atom is -0.481 e. The van der Waals surface area contributed by atoms with Gasteiger partial charge in [0.15, 0.2) is 5.60 Å². The van der Waals surface area contributed by atoms with Crippen molar-refractivity contribution in [2.45, 2.75) is 25.0 Å². The first-order chi connectivity index (χ1) is 9.21. The fourth-order valence-electron chi connectivity index (χ4n) is 1.09. The third-order valence-electron chi connectivity index (χ3n) is 2.01. The Hall–Kier alpha value is -2.46. The average Bonchev–Trinajstić information content (AvgIpc) is 2.79. The molecule has 1 aromatic heterocycles. The van der Waals surface area contributed by atoms with Gasteiger partial charge in [-0.2, -0.15) is 5.10 Å². The Kier molecular flexibility index (Phi) is 6.89. The van der Waals surface area contributed by atoms with Crippen LogP contribution < -0.4 is 0 Å². The maximum absolute atomic E-state index is 10.3. The number of aliphatic hydroxyl groups excluding tert-OH is 1. The van der Waals surface area contributed by atoms with Crippen molar-refractivity contribution in [1.82, 2.24) is 10.2 Å². The van der Waals surface area contributed by atoms with Crippen LogP contribution in [0.2, 0.25) is 0 Å². The zero-order valence-corrected chi connectivity index (χ0v) is 10.2. The highest BCUT2D eigenvalue weighted by Gasteiger charge is 2.40. The monoisotopic (exact) mass is 290 g/mol. The Balaban J connectivity index is 0.000000428. The molecule has 0 atom stereocenters. The van der Waals surface area contributed by atoms with E-state index in [2.05, 4.69) is 10.2 Å². The van der Waals surface area contributed by atoms with E-state index in [1.165, 1.54) is 0 Å². The maximum Gasteiger partial charge on any atom is 0.336 e. The second-order valence-electron chi connectivity index (χ2n) is 3.72. The van der Waals surface area contributed by atoms with Gasteiger partial charge < -0.3 is 25.5 Å². The van der Waals surface area contributed by atoms with Crippen LogP contribution in [0.15, 0.2) is 12.3 Å². The molecule has 20 heavy (non-hydrogen) atoms. The van der Waals surface area contributed by atoms with E-state index in [1.807, 2.05) is 0 Å². The lowest BCUT2D eigenvalue weighted by molar-refractivity contribution is -0.170. The molecular weight excluding hydrogens is 276 g/mol. The van der Waals surface area contributed by atoms with E-state index in [4.69, 9.17) is 25.5 Å². The number of carbonyl (C=O) groups is 3. The molecular formula is C10H14N2O8. The van der Waals surface area contributed by atoms with Gasteiger partial charge in [0.05, 0.1) is 25.1 Å². The first-order valence-electron chi connectivity index (χ1n) is 5.19. The lowest BCUT2D eigenvalue weighted by Gasteiger charge is -2.18. The van der Waals surface area contributed by atoms with Gasteiger partial charge in [-0.25, -0.2) is 4.79 Å². The number of aliphatic carboxylic acids is 3. The highest BCUT2D eigenvalue weighted by molar-refractivity contribution is 5.88. The highest BCUT2D eigenvalue weighted by Crippen LogP contribution is 2.15.